The summed E-state index contributed by atoms with van der Waals surface area (Å²) in [6.45, 7) is 25.8. The van der Waals surface area contributed by atoms with Crippen LogP contribution >= 0.6 is 0 Å². The fraction of sp³-hybridized carbons (Fsp3) is 0.914. The molecule has 0 aromatic carbocycles. The Morgan fingerprint density at radius 1 is 0.733 bits per heavy atom. The van der Waals surface area contributed by atoms with Crippen LogP contribution in [0.1, 0.15) is 186 Å². The lowest BCUT2D eigenvalue weighted by atomic mass is 9.42. The minimum atomic E-state index is -4.85. The molecular formula is C58H90O15S2. The Kier molecular flexibility index (Phi) is 12.8. The highest BCUT2D eigenvalue weighted by Crippen LogP contribution is 2.73. The van der Waals surface area contributed by atoms with E-state index in [4.69, 9.17) is 22.6 Å². The maximum atomic E-state index is 13.5. The predicted molar refractivity (Wildman–Crippen MR) is 278 cm³/mol. The van der Waals surface area contributed by atoms with Gasteiger partial charge in [0, 0.05) is 28.1 Å². The van der Waals surface area contributed by atoms with Crippen molar-refractivity contribution in [3.63, 3.8) is 0 Å². The van der Waals surface area contributed by atoms with Crippen LogP contribution in [-0.4, -0.2) is 107 Å². The Morgan fingerprint density at radius 3 is 1.89 bits per heavy atom. The van der Waals surface area contributed by atoms with E-state index in [2.05, 4.69) is 55.4 Å². The lowest BCUT2D eigenvalue weighted by molar-refractivity contribution is -0.408. The molecule has 1 spiro atoms. The molecular weight excluding hydrogens is 1000 g/mol. The highest BCUT2D eigenvalue weighted by atomic mass is 32.3. The second-order valence-corrected chi connectivity index (χ2v) is 31.6. The average Bonchev–Trinajstić information content (AvgIpc) is 3.86. The SMILES string of the molecule is C[C@@H]([C@H]1CCC2C3=C(CC[C@@]21C)[C@@]12CO[C@@](O)([C@@H](O)C1)C(C)(C)C2[C@@H](OS(=O)(=O)O)C3)[C@H]1C[C@@H]2C[C@@](C)(OC2(C)C)[C@H](CC[C@@H](C)[C@H]2CCC3C4=C(CC[C@@]32C)[C@@]2(C)C[C@H](O)C(=O)C(C)(C)C2[C@@H](OS(=O)(=O)O)C4)O1. The first-order valence-electron chi connectivity index (χ1n) is 28.9. The number of rotatable bonds is 10. The van der Waals surface area contributed by atoms with E-state index in [1.165, 1.54) is 22.3 Å². The molecule has 0 amide bonds. The van der Waals surface area contributed by atoms with Gasteiger partial charge in [0.2, 0.25) is 0 Å². The third-order valence-corrected chi connectivity index (χ3v) is 25.9. The van der Waals surface area contributed by atoms with E-state index in [-0.39, 0.29) is 71.6 Å². The topological polar surface area (TPSA) is 233 Å². The maximum absolute atomic E-state index is 13.5. The summed E-state index contributed by atoms with van der Waals surface area (Å²) in [6.07, 6.45) is 7.77. The lowest BCUT2D eigenvalue weighted by Crippen LogP contribution is -2.76. The Hall–Kier alpha value is -1.35. The average molecular weight is 1090 g/mol. The van der Waals surface area contributed by atoms with Crippen LogP contribution in [0.5, 0.6) is 0 Å². The number of carbonyl (C=O) groups excluding carboxylic acids is 1. The van der Waals surface area contributed by atoms with Gasteiger partial charge in [-0.3, -0.25) is 13.9 Å². The molecule has 8 aliphatic carbocycles. The summed E-state index contributed by atoms with van der Waals surface area (Å²) in [6, 6.07) is 0. The van der Waals surface area contributed by atoms with Gasteiger partial charge in [-0.2, -0.15) is 16.8 Å². The van der Waals surface area contributed by atoms with Crippen molar-refractivity contribution >= 4 is 26.6 Å². The quantitative estimate of drug-likeness (QED) is 0.101. The van der Waals surface area contributed by atoms with E-state index in [1.54, 1.807) is 13.8 Å². The summed E-state index contributed by atoms with van der Waals surface area (Å²) in [7, 11) is -9.68. The monoisotopic (exact) mass is 1090 g/mol. The van der Waals surface area contributed by atoms with Gasteiger partial charge in [-0.1, -0.05) is 84.6 Å². The molecule has 75 heavy (non-hydrogen) atoms. The summed E-state index contributed by atoms with van der Waals surface area (Å²) in [5.41, 5.74) is 0.325. The number of Topliss-reactive ketones (excluding diaryl/α,β-unsaturated/α-hetero) is 1. The number of hydrogen-bond acceptors (Lipinski definition) is 13. The van der Waals surface area contributed by atoms with Crippen LogP contribution in [0.4, 0.5) is 0 Å². The number of hydrogen-bond donors (Lipinski definition) is 5. The number of aliphatic hydroxyl groups is 3. The van der Waals surface area contributed by atoms with E-state index >= 15 is 0 Å². The second-order valence-electron chi connectivity index (χ2n) is 29.5. The van der Waals surface area contributed by atoms with Crippen molar-refractivity contribution in [2.75, 3.05) is 6.61 Å². The zero-order valence-electron chi connectivity index (χ0n) is 46.8. The molecule has 12 rings (SSSR count). The highest BCUT2D eigenvalue weighted by Gasteiger charge is 2.75. The van der Waals surface area contributed by atoms with Crippen LogP contribution in [0.15, 0.2) is 22.3 Å². The minimum Gasteiger partial charge on any atom is -0.387 e. The molecule has 4 unspecified atom stereocenters. The van der Waals surface area contributed by atoms with Crippen LogP contribution in [0.3, 0.4) is 0 Å². The minimum absolute atomic E-state index is 0.00929. The Balaban J connectivity index is 0.835. The van der Waals surface area contributed by atoms with Gasteiger partial charge in [0.05, 0.1) is 42.2 Å². The van der Waals surface area contributed by atoms with Crippen molar-refractivity contribution in [2.45, 2.75) is 239 Å². The first-order valence-corrected chi connectivity index (χ1v) is 31.6. The number of ether oxygens (including phenoxy) is 3. The summed E-state index contributed by atoms with van der Waals surface area (Å²) >= 11 is 0. The van der Waals surface area contributed by atoms with Gasteiger partial charge in [-0.05, 0) is 181 Å². The third kappa shape index (κ3) is 8.02. The normalized spacial score (nSPS) is 50.3. The molecule has 424 valence electrons. The number of carbonyl (C=O) groups is 1. The molecule has 15 nitrogen and oxygen atoms in total. The number of ketones is 1. The van der Waals surface area contributed by atoms with Gasteiger partial charge in [0.25, 0.3) is 0 Å². The van der Waals surface area contributed by atoms with Crippen molar-refractivity contribution in [2.24, 2.45) is 85.8 Å². The Labute approximate surface area is 447 Å². The van der Waals surface area contributed by atoms with Crippen molar-refractivity contribution in [3.05, 3.63) is 22.3 Å². The zero-order chi connectivity index (χ0) is 54.6. The molecule has 4 bridgehead atoms. The molecule has 4 saturated carbocycles. The third-order valence-electron chi connectivity index (χ3n) is 25.0. The molecule has 0 aromatic heterocycles. The Morgan fingerprint density at radius 2 is 1.29 bits per heavy atom. The van der Waals surface area contributed by atoms with Crippen LogP contribution < -0.4 is 0 Å². The predicted octanol–water partition coefficient (Wildman–Crippen LogP) is 9.29. The van der Waals surface area contributed by atoms with Gasteiger partial charge >= 0.3 is 20.8 Å². The Bertz CT molecular complexity index is 2660. The molecule has 21 atom stereocenters. The molecule has 4 aliphatic heterocycles. The first-order chi connectivity index (χ1) is 34.5. The van der Waals surface area contributed by atoms with Crippen molar-refractivity contribution in [3.8, 4) is 0 Å². The number of fused-ring (bicyclic) bond motifs is 10. The molecule has 0 aromatic rings. The highest BCUT2D eigenvalue weighted by molar-refractivity contribution is 7.81. The van der Waals surface area contributed by atoms with E-state index < -0.39 is 90.1 Å². The summed E-state index contributed by atoms with van der Waals surface area (Å²) in [5, 5.41) is 34.5. The van der Waals surface area contributed by atoms with Crippen LogP contribution in [-0.2, 0) is 48.2 Å². The fourth-order valence-electron chi connectivity index (χ4n) is 22.0. The second kappa shape index (κ2) is 17.3. The molecule has 4 saturated heterocycles. The molecule has 0 radical (unpaired) electrons. The van der Waals surface area contributed by atoms with E-state index in [0.29, 0.717) is 36.5 Å². The maximum Gasteiger partial charge on any atom is 0.397 e. The standard InChI is InChI=1S/C58H90O15S2/c1-30(35-14-16-37-33-24-43(71-74(63,64)65)47-50(3,4)49(61)41(59)27-55(47,11)39(33)19-21-53(35,37)9)13-18-46-56(12)26-32(52(7,8)73-56)23-42(70-46)31(2)36-15-17-38-34-25-44(72-75(66,67)68)48-51(5,6)58(62)45(60)28-57(48,29-69-58)40(34)20-22-54(36,38)10/h30-32,35-38,41-48,59-60,62H,13-29H2,1-12H3,(H,63,64,65)(H,66,67,68)/t30-,31+,32-,35-,36-,37?,38?,41+,42-,43+,44+,45+,46+,47?,48?,53-,54-,55-,56-,57+,58+/m1/s1. The lowest BCUT2D eigenvalue weighted by Gasteiger charge is -2.69. The summed E-state index contributed by atoms with van der Waals surface area (Å²) in [5.74, 6) is -1.32. The molecule has 5 N–H and O–H groups in total. The van der Waals surface area contributed by atoms with Crippen LogP contribution in [0.25, 0.3) is 0 Å². The molecule has 4 heterocycles. The van der Waals surface area contributed by atoms with Gasteiger partial charge in [-0.15, -0.1) is 0 Å². The van der Waals surface area contributed by atoms with Crippen molar-refractivity contribution < 1.29 is 68.6 Å². The van der Waals surface area contributed by atoms with Crippen LogP contribution in [0, 0.1) is 85.8 Å². The molecule has 12 aliphatic rings. The van der Waals surface area contributed by atoms with Crippen molar-refractivity contribution in [1.82, 2.24) is 0 Å². The smallest absolute Gasteiger partial charge is 0.387 e. The summed E-state index contributed by atoms with van der Waals surface area (Å²) < 4.78 is 102. The van der Waals surface area contributed by atoms with Gasteiger partial charge in [0.15, 0.2) is 11.6 Å². The van der Waals surface area contributed by atoms with Crippen molar-refractivity contribution in [1.29, 1.82) is 0 Å². The van der Waals surface area contributed by atoms with E-state index in [1.807, 2.05) is 13.8 Å². The van der Waals surface area contributed by atoms with E-state index in [0.717, 1.165) is 77.0 Å². The largest absolute Gasteiger partial charge is 0.397 e. The molecule has 17 heteroatoms. The zero-order valence-corrected chi connectivity index (χ0v) is 48.4. The van der Waals surface area contributed by atoms with E-state index in [9.17, 15) is 46.1 Å². The van der Waals surface area contributed by atoms with Gasteiger partial charge in [-0.25, -0.2) is 8.37 Å². The van der Waals surface area contributed by atoms with Crippen LogP contribution in [0.2, 0.25) is 0 Å². The summed E-state index contributed by atoms with van der Waals surface area (Å²) in [4.78, 5) is 13.5. The molecule has 8 fully saturated rings. The number of allylic oxidation sites excluding steroid dienone is 1. The fourth-order valence-corrected chi connectivity index (χ4v) is 22.9. The first kappa shape index (κ1) is 55.6. The van der Waals surface area contributed by atoms with Gasteiger partial charge < -0.3 is 29.5 Å². The van der Waals surface area contributed by atoms with Gasteiger partial charge in [0.1, 0.15) is 12.2 Å². The number of aliphatic hydroxyl groups excluding tert-OH is 2.